The van der Waals surface area contributed by atoms with Crippen LogP contribution in [0.1, 0.15) is 18.4 Å². The van der Waals surface area contributed by atoms with Crippen LogP contribution >= 0.6 is 35.6 Å². The highest BCUT2D eigenvalue weighted by atomic mass is 35.5. The number of nitrogens with zero attached hydrogens (tertiary/aromatic N) is 1. The second-order valence-corrected chi connectivity index (χ2v) is 5.82. The minimum atomic E-state index is 0. The monoisotopic (exact) mass is 336 g/mol. The van der Waals surface area contributed by atoms with Crippen molar-refractivity contribution in [2.24, 2.45) is 5.92 Å². The van der Waals surface area contributed by atoms with Crippen LogP contribution in [0.2, 0.25) is 10.0 Å². The van der Waals surface area contributed by atoms with Crippen molar-refractivity contribution in [1.82, 2.24) is 10.2 Å². The summed E-state index contributed by atoms with van der Waals surface area (Å²) in [6.07, 6.45) is 2.57. The number of carbonyl (C=O) groups is 1. The SMILES string of the molecule is CN(Cc1cccc(Cl)c1Cl)C(=O)CNCC1CC1.Cl. The van der Waals surface area contributed by atoms with Crippen molar-refractivity contribution in [3.63, 3.8) is 0 Å². The van der Waals surface area contributed by atoms with Crippen LogP contribution in [0.4, 0.5) is 0 Å². The van der Waals surface area contributed by atoms with E-state index in [1.165, 1.54) is 12.8 Å². The van der Waals surface area contributed by atoms with E-state index in [4.69, 9.17) is 23.2 Å². The fraction of sp³-hybridized carbons (Fsp3) is 0.500. The van der Waals surface area contributed by atoms with Gasteiger partial charge in [-0.15, -0.1) is 12.4 Å². The third kappa shape index (κ3) is 5.13. The number of rotatable bonds is 6. The first-order chi connectivity index (χ1) is 9.08. The lowest BCUT2D eigenvalue weighted by molar-refractivity contribution is -0.129. The second kappa shape index (κ2) is 8.08. The minimum Gasteiger partial charge on any atom is -0.340 e. The molecule has 0 radical (unpaired) electrons. The molecule has 0 aliphatic heterocycles. The van der Waals surface area contributed by atoms with Crippen molar-refractivity contribution in [1.29, 1.82) is 0 Å². The molecular weight excluding hydrogens is 319 g/mol. The highest BCUT2D eigenvalue weighted by Crippen LogP contribution is 2.27. The van der Waals surface area contributed by atoms with Gasteiger partial charge in [-0.25, -0.2) is 0 Å². The van der Waals surface area contributed by atoms with Gasteiger partial charge in [0, 0.05) is 13.6 Å². The highest BCUT2D eigenvalue weighted by molar-refractivity contribution is 6.42. The molecule has 112 valence electrons. The van der Waals surface area contributed by atoms with E-state index < -0.39 is 0 Å². The van der Waals surface area contributed by atoms with E-state index in [9.17, 15) is 4.79 Å². The molecule has 1 aromatic carbocycles. The normalized spacial score (nSPS) is 13.8. The summed E-state index contributed by atoms with van der Waals surface area (Å²) in [5, 5.41) is 4.23. The van der Waals surface area contributed by atoms with Crippen molar-refractivity contribution in [3.05, 3.63) is 33.8 Å². The Kier molecular flexibility index (Phi) is 7.10. The molecule has 1 saturated carbocycles. The van der Waals surface area contributed by atoms with Crippen LogP contribution in [0.3, 0.4) is 0 Å². The number of nitrogens with one attached hydrogen (secondary N) is 1. The zero-order valence-electron chi connectivity index (χ0n) is 11.4. The fourth-order valence-corrected chi connectivity index (χ4v) is 2.23. The van der Waals surface area contributed by atoms with Gasteiger partial charge in [0.25, 0.3) is 0 Å². The van der Waals surface area contributed by atoms with Gasteiger partial charge in [-0.2, -0.15) is 0 Å². The maximum Gasteiger partial charge on any atom is 0.236 e. The van der Waals surface area contributed by atoms with Crippen LogP contribution in [0, 0.1) is 5.92 Å². The zero-order valence-corrected chi connectivity index (χ0v) is 13.7. The fourth-order valence-electron chi connectivity index (χ4n) is 1.85. The minimum absolute atomic E-state index is 0. The van der Waals surface area contributed by atoms with Crippen LogP contribution in [-0.4, -0.2) is 30.9 Å². The van der Waals surface area contributed by atoms with E-state index in [1.54, 1.807) is 18.0 Å². The third-order valence-corrected chi connectivity index (χ3v) is 4.13. The van der Waals surface area contributed by atoms with Gasteiger partial charge in [-0.05, 0) is 36.9 Å². The number of hydrogen-bond donors (Lipinski definition) is 1. The van der Waals surface area contributed by atoms with Gasteiger partial charge < -0.3 is 10.2 Å². The molecule has 2 rings (SSSR count). The molecule has 0 saturated heterocycles. The lowest BCUT2D eigenvalue weighted by Crippen LogP contribution is -2.35. The first-order valence-corrected chi connectivity index (χ1v) is 7.21. The summed E-state index contributed by atoms with van der Waals surface area (Å²) in [6, 6.07) is 5.47. The van der Waals surface area contributed by atoms with Crippen LogP contribution < -0.4 is 5.32 Å². The molecular formula is C14H19Cl3N2O. The van der Waals surface area contributed by atoms with Gasteiger partial charge >= 0.3 is 0 Å². The molecule has 1 aliphatic rings. The molecule has 0 heterocycles. The molecule has 1 N–H and O–H groups in total. The van der Waals surface area contributed by atoms with Crippen molar-refractivity contribution in [2.75, 3.05) is 20.1 Å². The third-order valence-electron chi connectivity index (χ3n) is 3.27. The molecule has 0 aromatic heterocycles. The van der Waals surface area contributed by atoms with E-state index in [2.05, 4.69) is 5.32 Å². The van der Waals surface area contributed by atoms with Crippen molar-refractivity contribution in [2.45, 2.75) is 19.4 Å². The molecule has 1 amide bonds. The van der Waals surface area contributed by atoms with Gasteiger partial charge in [0.15, 0.2) is 0 Å². The van der Waals surface area contributed by atoms with E-state index in [0.29, 0.717) is 23.1 Å². The Labute approximate surface area is 136 Å². The number of carbonyl (C=O) groups excluding carboxylic acids is 1. The van der Waals surface area contributed by atoms with E-state index in [-0.39, 0.29) is 18.3 Å². The Morgan fingerprint density at radius 3 is 2.75 bits per heavy atom. The second-order valence-electron chi connectivity index (χ2n) is 5.04. The van der Waals surface area contributed by atoms with Gasteiger partial charge in [0.1, 0.15) is 0 Å². The van der Waals surface area contributed by atoms with Gasteiger partial charge in [-0.1, -0.05) is 35.3 Å². The van der Waals surface area contributed by atoms with Crippen LogP contribution in [0.25, 0.3) is 0 Å². The number of halogens is 3. The lowest BCUT2D eigenvalue weighted by atomic mass is 10.2. The number of hydrogen-bond acceptors (Lipinski definition) is 2. The Morgan fingerprint density at radius 2 is 2.10 bits per heavy atom. The number of benzene rings is 1. The van der Waals surface area contributed by atoms with Crippen molar-refractivity contribution in [3.8, 4) is 0 Å². The summed E-state index contributed by atoms with van der Waals surface area (Å²) < 4.78 is 0. The molecule has 1 aromatic rings. The molecule has 0 atom stereocenters. The number of likely N-dealkylation sites (N-methyl/N-ethyl adjacent to an activating group) is 1. The Balaban J connectivity index is 0.00000200. The van der Waals surface area contributed by atoms with Gasteiger partial charge in [0.05, 0.1) is 16.6 Å². The summed E-state index contributed by atoms with van der Waals surface area (Å²) in [6.45, 7) is 1.80. The first kappa shape index (κ1) is 17.6. The van der Waals surface area contributed by atoms with Gasteiger partial charge in [0.2, 0.25) is 5.91 Å². The van der Waals surface area contributed by atoms with Crippen LogP contribution in [0.15, 0.2) is 18.2 Å². The summed E-state index contributed by atoms with van der Waals surface area (Å²) in [4.78, 5) is 13.6. The Hall–Kier alpha value is -0.480. The van der Waals surface area contributed by atoms with Crippen molar-refractivity contribution >= 4 is 41.5 Å². The average molecular weight is 338 g/mol. The molecule has 0 bridgehead atoms. The molecule has 20 heavy (non-hydrogen) atoms. The topological polar surface area (TPSA) is 32.3 Å². The predicted octanol–water partition coefficient (Wildman–Crippen LogP) is 3.37. The average Bonchev–Trinajstić information content (AvgIpc) is 3.19. The summed E-state index contributed by atoms with van der Waals surface area (Å²) in [5.74, 6) is 0.845. The Morgan fingerprint density at radius 1 is 1.40 bits per heavy atom. The quantitative estimate of drug-likeness (QED) is 0.863. The molecule has 0 unspecified atom stereocenters. The number of amides is 1. The summed E-state index contributed by atoms with van der Waals surface area (Å²) in [7, 11) is 1.78. The highest BCUT2D eigenvalue weighted by Gasteiger charge is 2.21. The molecule has 1 aliphatic carbocycles. The standard InChI is InChI=1S/C14H18Cl2N2O.ClH/c1-18(13(19)8-17-7-10-5-6-10)9-11-3-2-4-12(15)14(11)16;/h2-4,10,17H,5-9H2,1H3;1H. The maximum atomic E-state index is 11.9. The first-order valence-electron chi connectivity index (χ1n) is 6.45. The van der Waals surface area contributed by atoms with E-state index in [0.717, 1.165) is 18.0 Å². The van der Waals surface area contributed by atoms with E-state index >= 15 is 0 Å². The summed E-state index contributed by atoms with van der Waals surface area (Å²) >= 11 is 12.1. The molecule has 1 fully saturated rings. The predicted molar refractivity (Wildman–Crippen MR) is 85.8 cm³/mol. The summed E-state index contributed by atoms with van der Waals surface area (Å²) in [5.41, 5.74) is 0.868. The zero-order chi connectivity index (χ0) is 13.8. The van der Waals surface area contributed by atoms with Crippen LogP contribution in [0.5, 0.6) is 0 Å². The molecule has 6 heteroatoms. The largest absolute Gasteiger partial charge is 0.340 e. The van der Waals surface area contributed by atoms with E-state index in [1.807, 2.05) is 12.1 Å². The van der Waals surface area contributed by atoms with Crippen LogP contribution in [-0.2, 0) is 11.3 Å². The van der Waals surface area contributed by atoms with Gasteiger partial charge in [-0.3, -0.25) is 4.79 Å². The maximum absolute atomic E-state index is 11.9. The Bertz CT molecular complexity index is 464. The van der Waals surface area contributed by atoms with Crippen molar-refractivity contribution < 1.29 is 4.79 Å². The smallest absolute Gasteiger partial charge is 0.236 e. The molecule has 0 spiro atoms. The molecule has 3 nitrogen and oxygen atoms in total. The lowest BCUT2D eigenvalue weighted by Gasteiger charge is -2.18.